The maximum atomic E-state index is 4.47. The first kappa shape index (κ1) is 15.5. The monoisotopic (exact) mass is 303 g/mol. The molecule has 3 rings (SSSR count). The molecule has 3 heterocycles. The lowest BCUT2D eigenvalue weighted by atomic mass is 9.89. The van der Waals surface area contributed by atoms with Crippen LogP contribution in [0.4, 0.5) is 11.6 Å². The van der Waals surface area contributed by atoms with Crippen LogP contribution in [0.25, 0.3) is 0 Å². The zero-order valence-electron chi connectivity index (χ0n) is 14.2. The van der Waals surface area contributed by atoms with Crippen molar-refractivity contribution in [2.45, 2.75) is 38.6 Å². The van der Waals surface area contributed by atoms with Gasteiger partial charge in [0.1, 0.15) is 18.0 Å². The van der Waals surface area contributed by atoms with Crippen LogP contribution < -0.4 is 9.80 Å². The summed E-state index contributed by atoms with van der Waals surface area (Å²) in [7, 11) is 4.05. The minimum atomic E-state index is 0.743. The van der Waals surface area contributed by atoms with Gasteiger partial charge in [0.25, 0.3) is 0 Å². The fourth-order valence-corrected chi connectivity index (χ4v) is 3.81. The van der Waals surface area contributed by atoms with Crippen LogP contribution in [0.5, 0.6) is 0 Å². The van der Waals surface area contributed by atoms with Gasteiger partial charge in [-0.2, -0.15) is 0 Å². The Kier molecular flexibility index (Phi) is 4.81. The van der Waals surface area contributed by atoms with Gasteiger partial charge in [-0.15, -0.1) is 0 Å². The Bertz CT molecular complexity index is 476. The Morgan fingerprint density at radius 3 is 2.41 bits per heavy atom. The van der Waals surface area contributed by atoms with Gasteiger partial charge in [-0.1, -0.05) is 0 Å². The largest absolute Gasteiger partial charge is 0.363 e. The average Bonchev–Trinajstić information content (AvgIpc) is 3.09. The zero-order chi connectivity index (χ0) is 15.5. The molecular weight excluding hydrogens is 274 g/mol. The van der Waals surface area contributed by atoms with Crippen LogP contribution in [0.15, 0.2) is 12.4 Å². The van der Waals surface area contributed by atoms with Crippen molar-refractivity contribution in [3.05, 3.63) is 12.4 Å². The molecule has 122 valence electrons. The maximum absolute atomic E-state index is 4.47. The molecule has 2 aliphatic rings. The summed E-state index contributed by atoms with van der Waals surface area (Å²) in [5.74, 6) is 2.90. The standard InChI is InChI=1S/C17H29N5/c1-14(21-8-4-5-9-21)15-6-10-22(11-7-15)17-12-16(20(2)3)18-13-19-17/h12-15H,4-11H2,1-3H3/t14-/m1/s1. The third-order valence-electron chi connectivity index (χ3n) is 5.36. The van der Waals surface area contributed by atoms with Crippen LogP contribution in [0.2, 0.25) is 0 Å². The summed E-state index contributed by atoms with van der Waals surface area (Å²) in [5.41, 5.74) is 0. The summed E-state index contributed by atoms with van der Waals surface area (Å²) in [4.78, 5) is 15.9. The normalized spacial score (nSPS) is 22.0. The fourth-order valence-electron chi connectivity index (χ4n) is 3.81. The van der Waals surface area contributed by atoms with Gasteiger partial charge in [-0.25, -0.2) is 9.97 Å². The average molecular weight is 303 g/mol. The number of hydrogen-bond acceptors (Lipinski definition) is 5. The molecular formula is C17H29N5. The summed E-state index contributed by atoms with van der Waals surface area (Å²) < 4.78 is 0. The van der Waals surface area contributed by atoms with E-state index in [0.29, 0.717) is 0 Å². The van der Waals surface area contributed by atoms with Crippen molar-refractivity contribution in [1.82, 2.24) is 14.9 Å². The molecule has 22 heavy (non-hydrogen) atoms. The molecule has 5 nitrogen and oxygen atoms in total. The quantitative estimate of drug-likeness (QED) is 0.852. The second-order valence-electron chi connectivity index (χ2n) is 6.94. The van der Waals surface area contributed by atoms with Gasteiger partial charge in [-0.3, -0.25) is 0 Å². The lowest BCUT2D eigenvalue weighted by Crippen LogP contribution is -2.43. The van der Waals surface area contributed by atoms with Gasteiger partial charge >= 0.3 is 0 Å². The Balaban J connectivity index is 1.58. The summed E-state index contributed by atoms with van der Waals surface area (Å²) in [5, 5.41) is 0. The van der Waals surface area contributed by atoms with Gasteiger partial charge < -0.3 is 14.7 Å². The van der Waals surface area contributed by atoms with E-state index in [-0.39, 0.29) is 0 Å². The third-order valence-corrected chi connectivity index (χ3v) is 5.36. The molecule has 0 saturated carbocycles. The van der Waals surface area contributed by atoms with E-state index in [2.05, 4.69) is 32.8 Å². The fraction of sp³-hybridized carbons (Fsp3) is 0.765. The predicted molar refractivity (Wildman–Crippen MR) is 91.6 cm³/mol. The molecule has 2 saturated heterocycles. The molecule has 5 heteroatoms. The Labute approximate surface area is 134 Å². The van der Waals surface area contributed by atoms with Crippen molar-refractivity contribution in [3.63, 3.8) is 0 Å². The molecule has 2 aliphatic heterocycles. The van der Waals surface area contributed by atoms with E-state index in [0.717, 1.165) is 36.7 Å². The molecule has 0 aromatic carbocycles. The number of aromatic nitrogens is 2. The van der Waals surface area contributed by atoms with Crippen molar-refractivity contribution in [2.24, 2.45) is 5.92 Å². The van der Waals surface area contributed by atoms with Crippen LogP contribution in [0, 0.1) is 5.92 Å². The van der Waals surface area contributed by atoms with E-state index in [1.165, 1.54) is 38.8 Å². The molecule has 0 aliphatic carbocycles. The Morgan fingerprint density at radius 1 is 1.09 bits per heavy atom. The zero-order valence-corrected chi connectivity index (χ0v) is 14.2. The minimum absolute atomic E-state index is 0.743. The molecule has 0 unspecified atom stereocenters. The predicted octanol–water partition coefficient (Wildman–Crippen LogP) is 2.24. The molecule has 1 aromatic rings. The summed E-state index contributed by atoms with van der Waals surface area (Å²) in [6.45, 7) is 7.28. The van der Waals surface area contributed by atoms with Crippen molar-refractivity contribution in [1.29, 1.82) is 0 Å². The minimum Gasteiger partial charge on any atom is -0.363 e. The number of nitrogens with zero attached hydrogens (tertiary/aromatic N) is 5. The third kappa shape index (κ3) is 3.35. The number of rotatable bonds is 4. The second kappa shape index (κ2) is 6.82. The Hall–Kier alpha value is -1.36. The lowest BCUT2D eigenvalue weighted by Gasteiger charge is -2.38. The SMILES string of the molecule is C[C@H](C1CCN(c2cc(N(C)C)ncn2)CC1)N1CCCC1. The number of hydrogen-bond donors (Lipinski definition) is 0. The van der Waals surface area contributed by atoms with Gasteiger partial charge in [-0.05, 0) is 51.6 Å². The molecule has 1 atom stereocenters. The van der Waals surface area contributed by atoms with Gasteiger partial charge in [0.05, 0.1) is 0 Å². The summed E-state index contributed by atoms with van der Waals surface area (Å²) in [6, 6.07) is 2.84. The highest BCUT2D eigenvalue weighted by Gasteiger charge is 2.29. The van der Waals surface area contributed by atoms with Crippen LogP contribution >= 0.6 is 0 Å². The van der Waals surface area contributed by atoms with E-state index >= 15 is 0 Å². The second-order valence-corrected chi connectivity index (χ2v) is 6.94. The molecule has 2 fully saturated rings. The number of likely N-dealkylation sites (tertiary alicyclic amines) is 1. The van der Waals surface area contributed by atoms with Crippen LogP contribution in [0.1, 0.15) is 32.6 Å². The van der Waals surface area contributed by atoms with E-state index in [1.54, 1.807) is 6.33 Å². The van der Waals surface area contributed by atoms with Crippen molar-refractivity contribution in [2.75, 3.05) is 50.1 Å². The van der Waals surface area contributed by atoms with Gasteiger partial charge in [0.2, 0.25) is 0 Å². The highest BCUT2D eigenvalue weighted by atomic mass is 15.2. The molecule has 0 amide bonds. The topological polar surface area (TPSA) is 35.5 Å². The molecule has 0 bridgehead atoms. The van der Waals surface area contributed by atoms with Crippen molar-refractivity contribution < 1.29 is 0 Å². The molecule has 0 N–H and O–H groups in total. The van der Waals surface area contributed by atoms with E-state index in [1.807, 2.05) is 19.0 Å². The highest BCUT2D eigenvalue weighted by Crippen LogP contribution is 2.28. The molecule has 0 spiro atoms. The van der Waals surface area contributed by atoms with Gasteiger partial charge in [0, 0.05) is 39.3 Å². The summed E-state index contributed by atoms with van der Waals surface area (Å²) >= 11 is 0. The summed E-state index contributed by atoms with van der Waals surface area (Å²) in [6.07, 6.45) is 7.01. The Morgan fingerprint density at radius 2 is 1.77 bits per heavy atom. The first-order valence-electron chi connectivity index (χ1n) is 8.63. The highest BCUT2D eigenvalue weighted by molar-refractivity contribution is 5.49. The van der Waals surface area contributed by atoms with Crippen LogP contribution in [-0.4, -0.2) is 61.2 Å². The number of piperidine rings is 1. The molecule has 1 aromatic heterocycles. The lowest BCUT2D eigenvalue weighted by molar-refractivity contribution is 0.167. The van der Waals surface area contributed by atoms with Crippen LogP contribution in [-0.2, 0) is 0 Å². The van der Waals surface area contributed by atoms with E-state index < -0.39 is 0 Å². The van der Waals surface area contributed by atoms with Crippen molar-refractivity contribution in [3.8, 4) is 0 Å². The van der Waals surface area contributed by atoms with Gasteiger partial charge in [0.15, 0.2) is 0 Å². The first-order valence-corrected chi connectivity index (χ1v) is 8.63. The van der Waals surface area contributed by atoms with Crippen LogP contribution in [0.3, 0.4) is 0 Å². The van der Waals surface area contributed by atoms with E-state index in [9.17, 15) is 0 Å². The maximum Gasteiger partial charge on any atom is 0.134 e. The van der Waals surface area contributed by atoms with E-state index in [4.69, 9.17) is 0 Å². The first-order chi connectivity index (χ1) is 10.6. The smallest absolute Gasteiger partial charge is 0.134 e. The molecule has 0 radical (unpaired) electrons. The number of anilines is 2. The van der Waals surface area contributed by atoms with Crippen molar-refractivity contribution >= 4 is 11.6 Å².